The molecule has 0 atom stereocenters. The molecule has 0 aliphatic rings. The molecule has 0 unspecified atom stereocenters. The van der Waals surface area contributed by atoms with E-state index in [4.69, 9.17) is 0 Å². The summed E-state index contributed by atoms with van der Waals surface area (Å²) >= 11 is 1.31. The van der Waals surface area contributed by atoms with Crippen molar-refractivity contribution in [1.82, 2.24) is 9.97 Å². The Bertz CT molecular complexity index is 297. The molecule has 12 heavy (non-hydrogen) atoms. The van der Waals surface area contributed by atoms with Gasteiger partial charge in [0.1, 0.15) is 0 Å². The molecular formula is C7H8N4W. The van der Waals surface area contributed by atoms with E-state index in [-0.39, 0.29) is 0 Å². The molecule has 1 heterocycles. The molecule has 1 N–H and O–H groups in total. The van der Waals surface area contributed by atoms with Crippen molar-refractivity contribution in [3.63, 3.8) is 0 Å². The van der Waals surface area contributed by atoms with Crippen LogP contribution in [0.1, 0.15) is 5.69 Å². The Balaban J connectivity index is 2.63. The predicted octanol–water partition coefficient (Wildman–Crippen LogP) is 0.532. The minimum absolute atomic E-state index is 0.579. The number of nitrogens with zero attached hydrogens (tertiary/aromatic N) is 3. The molecule has 4 nitrogen and oxygen atoms in total. The number of rotatable bonds is 3. The Morgan fingerprint density at radius 3 is 3.17 bits per heavy atom. The summed E-state index contributed by atoms with van der Waals surface area (Å²) in [5.41, 5.74) is 0.937. The van der Waals surface area contributed by atoms with Crippen LogP contribution in [0.15, 0.2) is 17.3 Å². The van der Waals surface area contributed by atoms with Crippen molar-refractivity contribution in [2.75, 3.05) is 5.32 Å². The van der Waals surface area contributed by atoms with Crippen LogP contribution in [-0.4, -0.2) is 20.8 Å². The van der Waals surface area contributed by atoms with Crippen molar-refractivity contribution in [1.29, 1.82) is 0 Å². The summed E-state index contributed by atoms with van der Waals surface area (Å²) in [5, 5.41) is 2.85. The number of aryl methyl sites for hydroxylation is 1. The van der Waals surface area contributed by atoms with E-state index >= 15 is 0 Å². The van der Waals surface area contributed by atoms with Crippen molar-refractivity contribution >= 4 is 16.8 Å². The van der Waals surface area contributed by atoms with Crippen molar-refractivity contribution < 1.29 is 19.4 Å². The predicted molar refractivity (Wildman–Crippen MR) is 44.9 cm³/mol. The minimum atomic E-state index is 0.579. The third-order valence-corrected chi connectivity index (χ3v) is 1.56. The van der Waals surface area contributed by atoms with Crippen LogP contribution < -0.4 is 5.32 Å². The van der Waals surface area contributed by atoms with Crippen LogP contribution in [0.5, 0.6) is 0 Å². The summed E-state index contributed by atoms with van der Waals surface area (Å²) in [6.45, 7) is 1.92. The quantitative estimate of drug-likeness (QED) is 0.649. The Morgan fingerprint density at radius 2 is 2.50 bits per heavy atom. The van der Waals surface area contributed by atoms with Crippen molar-refractivity contribution in [3.05, 3.63) is 18.0 Å². The fourth-order valence-electron chi connectivity index (χ4n) is 0.644. The second kappa shape index (κ2) is 4.88. The zero-order chi connectivity index (χ0) is 8.81. The van der Waals surface area contributed by atoms with Gasteiger partial charge in [-0.15, -0.1) is 0 Å². The molecular weight excluding hydrogens is 324 g/mol. The van der Waals surface area contributed by atoms with Gasteiger partial charge in [0, 0.05) is 0 Å². The standard InChI is InChI=1S/C7H8N4.W/c1-6-3-4-9-7(11-6)10-5-8-2;/h2-5H,1H3,(H,9,10,11);. The van der Waals surface area contributed by atoms with E-state index in [0.717, 1.165) is 5.69 Å². The summed E-state index contributed by atoms with van der Waals surface area (Å²) < 4.78 is 1.77. The first-order chi connectivity index (χ1) is 5.83. The second-order valence-corrected chi connectivity index (χ2v) is 2.81. The van der Waals surface area contributed by atoms with E-state index in [2.05, 4.69) is 20.3 Å². The van der Waals surface area contributed by atoms with E-state index in [9.17, 15) is 0 Å². The molecule has 1 aromatic rings. The van der Waals surface area contributed by atoms with Gasteiger partial charge in [-0.1, -0.05) is 0 Å². The molecule has 5 heteroatoms. The second-order valence-electron chi connectivity index (χ2n) is 2.05. The number of nitrogens with one attached hydrogen (secondary N) is 1. The summed E-state index contributed by atoms with van der Waals surface area (Å²) in [7, 11) is 0. The van der Waals surface area contributed by atoms with E-state index in [1.165, 1.54) is 19.4 Å². The first-order valence-corrected chi connectivity index (χ1v) is 5.04. The summed E-state index contributed by atoms with van der Waals surface area (Å²) in [6, 6.07) is 1.85. The molecule has 0 aliphatic carbocycles. The third kappa shape index (κ3) is 3.01. The van der Waals surface area contributed by atoms with Crippen molar-refractivity contribution in [2.45, 2.75) is 6.92 Å². The van der Waals surface area contributed by atoms with E-state index in [1.807, 2.05) is 13.0 Å². The van der Waals surface area contributed by atoms with Gasteiger partial charge in [0.2, 0.25) is 0 Å². The first-order valence-electron chi connectivity index (χ1n) is 3.34. The zero-order valence-corrected chi connectivity index (χ0v) is 9.49. The number of hydrogen-bond donors (Lipinski definition) is 1. The average Bonchev–Trinajstić information content (AvgIpc) is 2.05. The van der Waals surface area contributed by atoms with Gasteiger partial charge in [-0.05, 0) is 0 Å². The Kier molecular flexibility index (Phi) is 3.74. The molecule has 0 saturated carbocycles. The fourth-order valence-corrected chi connectivity index (χ4v) is 0.863. The van der Waals surface area contributed by atoms with Crippen LogP contribution in [0, 0.1) is 6.92 Å². The zero-order valence-electron chi connectivity index (χ0n) is 6.56. The number of anilines is 1. The molecule has 1 aromatic heterocycles. The van der Waals surface area contributed by atoms with Crippen LogP contribution >= 0.6 is 0 Å². The van der Waals surface area contributed by atoms with Gasteiger partial charge in [-0.2, -0.15) is 0 Å². The van der Waals surface area contributed by atoms with Crippen LogP contribution in [0.4, 0.5) is 5.95 Å². The molecule has 62 valence electrons. The Hall–Kier alpha value is -0.892. The van der Waals surface area contributed by atoms with Crippen molar-refractivity contribution in [2.24, 2.45) is 4.99 Å². The van der Waals surface area contributed by atoms with E-state index in [0.29, 0.717) is 5.95 Å². The molecule has 0 saturated heterocycles. The molecule has 0 radical (unpaired) electrons. The van der Waals surface area contributed by atoms with Gasteiger partial charge in [0.25, 0.3) is 0 Å². The SMILES string of the molecule is Cc1ccnc(NC=N[CH]=[W])n1. The van der Waals surface area contributed by atoms with Crippen LogP contribution in [0.25, 0.3) is 0 Å². The molecule has 0 fully saturated rings. The molecule has 0 aromatic carbocycles. The Labute approximate surface area is 81.6 Å². The van der Waals surface area contributed by atoms with E-state index < -0.39 is 0 Å². The first kappa shape index (κ1) is 9.20. The maximum atomic E-state index is 4.12. The third-order valence-electron chi connectivity index (χ3n) is 1.12. The molecule has 0 spiro atoms. The topological polar surface area (TPSA) is 50.2 Å². The number of aliphatic imine (C=N–C) groups is 1. The van der Waals surface area contributed by atoms with Gasteiger partial charge in [0.15, 0.2) is 0 Å². The fraction of sp³-hybridized carbons (Fsp3) is 0.143. The molecule has 0 aliphatic heterocycles. The number of aromatic nitrogens is 2. The van der Waals surface area contributed by atoms with Crippen LogP contribution in [-0.2, 0) is 19.4 Å². The van der Waals surface area contributed by atoms with Gasteiger partial charge >= 0.3 is 81.3 Å². The molecule has 1 rings (SSSR count). The van der Waals surface area contributed by atoms with E-state index in [1.54, 1.807) is 17.1 Å². The van der Waals surface area contributed by atoms with Gasteiger partial charge in [-0.3, -0.25) is 0 Å². The average molecular weight is 332 g/mol. The Morgan fingerprint density at radius 1 is 1.67 bits per heavy atom. The maximum absolute atomic E-state index is 4.12. The normalized spacial score (nSPS) is 10.1. The monoisotopic (exact) mass is 332 g/mol. The van der Waals surface area contributed by atoms with Gasteiger partial charge in [-0.25, -0.2) is 0 Å². The van der Waals surface area contributed by atoms with Gasteiger partial charge < -0.3 is 0 Å². The van der Waals surface area contributed by atoms with Crippen LogP contribution in [0.2, 0.25) is 0 Å². The molecule has 0 amide bonds. The van der Waals surface area contributed by atoms with Gasteiger partial charge in [0.05, 0.1) is 0 Å². The van der Waals surface area contributed by atoms with Crippen LogP contribution in [0.3, 0.4) is 0 Å². The summed E-state index contributed by atoms with van der Waals surface area (Å²) in [5.74, 6) is 0.579. The number of hydrogen-bond acceptors (Lipinski definition) is 3. The summed E-state index contributed by atoms with van der Waals surface area (Å²) in [6.07, 6.45) is 3.28. The van der Waals surface area contributed by atoms with Crippen molar-refractivity contribution in [3.8, 4) is 0 Å². The molecule has 0 bridgehead atoms. The summed E-state index contributed by atoms with van der Waals surface area (Å²) in [4.78, 5) is 12.0.